The van der Waals surface area contributed by atoms with Crippen molar-refractivity contribution in [2.24, 2.45) is 0 Å². The van der Waals surface area contributed by atoms with Crippen molar-refractivity contribution in [1.29, 1.82) is 0 Å². The first-order valence-corrected chi connectivity index (χ1v) is 8.21. The van der Waals surface area contributed by atoms with Gasteiger partial charge in [0.15, 0.2) is 6.29 Å². The summed E-state index contributed by atoms with van der Waals surface area (Å²) < 4.78 is 0. The van der Waals surface area contributed by atoms with Gasteiger partial charge >= 0.3 is 0 Å². The molecule has 19 heavy (non-hydrogen) atoms. The van der Waals surface area contributed by atoms with E-state index in [0.717, 1.165) is 12.8 Å². The maximum absolute atomic E-state index is 9.44. The van der Waals surface area contributed by atoms with E-state index in [4.69, 9.17) is 10.2 Å². The van der Waals surface area contributed by atoms with Gasteiger partial charge in [-0.15, -0.1) is 0 Å². The molecule has 116 valence electrons. The zero-order chi connectivity index (χ0) is 14.3. The highest BCUT2D eigenvalue weighted by Gasteiger charge is 2.08. The van der Waals surface area contributed by atoms with E-state index in [9.17, 15) is 5.11 Å². The summed E-state index contributed by atoms with van der Waals surface area (Å²) in [6.07, 6.45) is 13.1. The van der Waals surface area contributed by atoms with Crippen molar-refractivity contribution in [3.63, 3.8) is 0 Å². The molecule has 0 heterocycles. The molecule has 0 aliphatic rings. The summed E-state index contributed by atoms with van der Waals surface area (Å²) in [5.74, 6) is 0. The normalized spacial score (nSPS) is 13.1. The van der Waals surface area contributed by atoms with Crippen LogP contribution >= 0.6 is 0 Å². The summed E-state index contributed by atoms with van der Waals surface area (Å²) >= 11 is 0. The third kappa shape index (κ3) is 15.8. The van der Waals surface area contributed by atoms with Crippen LogP contribution < -0.4 is 0 Å². The van der Waals surface area contributed by atoms with Gasteiger partial charge in [-0.3, -0.25) is 0 Å². The van der Waals surface area contributed by atoms with Crippen LogP contribution in [-0.2, 0) is 0 Å². The SMILES string of the molecule is CCCCCCCCCCCCCC(O)CC(O)O. The predicted molar refractivity (Wildman–Crippen MR) is 79.9 cm³/mol. The molecule has 0 spiro atoms. The van der Waals surface area contributed by atoms with Gasteiger partial charge in [0, 0.05) is 6.42 Å². The van der Waals surface area contributed by atoms with Crippen molar-refractivity contribution in [2.45, 2.75) is 103 Å². The van der Waals surface area contributed by atoms with E-state index in [2.05, 4.69) is 6.92 Å². The van der Waals surface area contributed by atoms with Gasteiger partial charge in [-0.2, -0.15) is 0 Å². The molecule has 3 N–H and O–H groups in total. The molecule has 0 saturated carbocycles. The molecule has 3 heteroatoms. The third-order valence-electron chi connectivity index (χ3n) is 3.62. The van der Waals surface area contributed by atoms with Gasteiger partial charge in [0.2, 0.25) is 0 Å². The topological polar surface area (TPSA) is 60.7 Å². The maximum atomic E-state index is 9.44. The van der Waals surface area contributed by atoms with Crippen molar-refractivity contribution < 1.29 is 15.3 Å². The average Bonchev–Trinajstić information content (AvgIpc) is 2.35. The van der Waals surface area contributed by atoms with Crippen molar-refractivity contribution in [1.82, 2.24) is 0 Å². The Hall–Kier alpha value is -0.120. The molecule has 1 atom stereocenters. The maximum Gasteiger partial charge on any atom is 0.153 e. The Labute approximate surface area is 119 Å². The summed E-state index contributed by atoms with van der Waals surface area (Å²) in [6.45, 7) is 2.25. The lowest BCUT2D eigenvalue weighted by Crippen LogP contribution is -2.16. The number of aliphatic hydroxyl groups excluding tert-OH is 2. The van der Waals surface area contributed by atoms with Crippen molar-refractivity contribution in [2.75, 3.05) is 0 Å². The van der Waals surface area contributed by atoms with Crippen LogP contribution in [0.25, 0.3) is 0 Å². The predicted octanol–water partition coefficient (Wildman–Crippen LogP) is 3.75. The van der Waals surface area contributed by atoms with Gasteiger partial charge in [0.1, 0.15) is 0 Å². The lowest BCUT2D eigenvalue weighted by molar-refractivity contribution is -0.0708. The number of hydrogen-bond acceptors (Lipinski definition) is 3. The van der Waals surface area contributed by atoms with E-state index in [1.54, 1.807) is 0 Å². The van der Waals surface area contributed by atoms with Crippen molar-refractivity contribution in [3.8, 4) is 0 Å². The third-order valence-corrected chi connectivity index (χ3v) is 3.62. The highest BCUT2D eigenvalue weighted by atomic mass is 16.5. The van der Waals surface area contributed by atoms with E-state index < -0.39 is 12.4 Å². The Balaban J connectivity index is 3.06. The van der Waals surface area contributed by atoms with Crippen LogP contribution in [0.5, 0.6) is 0 Å². The van der Waals surface area contributed by atoms with Crippen LogP contribution in [0.3, 0.4) is 0 Å². The van der Waals surface area contributed by atoms with Crippen LogP contribution in [0, 0.1) is 0 Å². The second-order valence-electron chi connectivity index (χ2n) is 5.69. The van der Waals surface area contributed by atoms with Crippen LogP contribution in [0.1, 0.15) is 90.4 Å². The van der Waals surface area contributed by atoms with Gasteiger partial charge in [0.25, 0.3) is 0 Å². The Kier molecular flexibility index (Phi) is 14.2. The molecule has 0 amide bonds. The first kappa shape index (κ1) is 18.9. The lowest BCUT2D eigenvalue weighted by Gasteiger charge is -2.11. The molecule has 0 aliphatic carbocycles. The molecule has 0 saturated heterocycles. The quantitative estimate of drug-likeness (QED) is 0.334. The standard InChI is InChI=1S/C16H34O3/c1-2-3-4-5-6-7-8-9-10-11-12-13-15(17)14-16(18)19/h15-19H,2-14H2,1H3. The average molecular weight is 274 g/mol. The Morgan fingerprint density at radius 1 is 0.632 bits per heavy atom. The van der Waals surface area contributed by atoms with E-state index in [0.29, 0.717) is 6.42 Å². The molecule has 0 bridgehead atoms. The summed E-state index contributed by atoms with van der Waals surface area (Å²) in [5.41, 5.74) is 0. The van der Waals surface area contributed by atoms with Gasteiger partial charge in [-0.25, -0.2) is 0 Å². The fourth-order valence-corrected chi connectivity index (χ4v) is 2.41. The van der Waals surface area contributed by atoms with E-state index in [1.807, 2.05) is 0 Å². The Bertz CT molecular complexity index is 171. The van der Waals surface area contributed by atoms with Crippen molar-refractivity contribution >= 4 is 0 Å². The fraction of sp³-hybridized carbons (Fsp3) is 1.00. The van der Waals surface area contributed by atoms with E-state index in [1.165, 1.54) is 57.8 Å². The Morgan fingerprint density at radius 2 is 1.05 bits per heavy atom. The minimum absolute atomic E-state index is 0.0811. The molecule has 0 aromatic rings. The van der Waals surface area contributed by atoms with E-state index >= 15 is 0 Å². The highest BCUT2D eigenvalue weighted by Crippen LogP contribution is 2.13. The van der Waals surface area contributed by atoms with E-state index in [-0.39, 0.29) is 6.42 Å². The molecule has 0 aromatic heterocycles. The van der Waals surface area contributed by atoms with Crippen LogP contribution in [0.15, 0.2) is 0 Å². The van der Waals surface area contributed by atoms with Gasteiger partial charge in [-0.05, 0) is 6.42 Å². The molecule has 0 rings (SSSR count). The molecule has 3 nitrogen and oxygen atoms in total. The lowest BCUT2D eigenvalue weighted by atomic mass is 10.0. The first-order chi connectivity index (χ1) is 9.16. The van der Waals surface area contributed by atoms with Crippen LogP contribution in [0.2, 0.25) is 0 Å². The molecule has 0 radical (unpaired) electrons. The smallest absolute Gasteiger partial charge is 0.153 e. The molecular formula is C16H34O3. The summed E-state index contributed by atoms with van der Waals surface area (Å²) in [4.78, 5) is 0. The minimum atomic E-state index is -1.37. The molecule has 1 unspecified atom stereocenters. The summed E-state index contributed by atoms with van der Waals surface area (Å²) in [7, 11) is 0. The summed E-state index contributed by atoms with van der Waals surface area (Å²) in [5, 5.41) is 26.8. The van der Waals surface area contributed by atoms with Gasteiger partial charge in [-0.1, -0.05) is 77.6 Å². The zero-order valence-corrected chi connectivity index (χ0v) is 12.7. The van der Waals surface area contributed by atoms with Gasteiger partial charge < -0.3 is 15.3 Å². The molecule has 0 fully saturated rings. The summed E-state index contributed by atoms with van der Waals surface area (Å²) in [6, 6.07) is 0. The first-order valence-electron chi connectivity index (χ1n) is 8.21. The highest BCUT2D eigenvalue weighted by molar-refractivity contribution is 4.57. The van der Waals surface area contributed by atoms with Crippen molar-refractivity contribution in [3.05, 3.63) is 0 Å². The number of unbranched alkanes of at least 4 members (excludes halogenated alkanes) is 10. The largest absolute Gasteiger partial charge is 0.393 e. The minimum Gasteiger partial charge on any atom is -0.393 e. The number of hydrogen-bond donors (Lipinski definition) is 3. The Morgan fingerprint density at radius 3 is 1.47 bits per heavy atom. The second-order valence-corrected chi connectivity index (χ2v) is 5.69. The molecule has 0 aromatic carbocycles. The molecule has 0 aliphatic heterocycles. The molecular weight excluding hydrogens is 240 g/mol. The zero-order valence-electron chi connectivity index (χ0n) is 12.7. The number of aliphatic hydroxyl groups is 3. The number of rotatable bonds is 14. The monoisotopic (exact) mass is 274 g/mol. The fourth-order valence-electron chi connectivity index (χ4n) is 2.41. The van der Waals surface area contributed by atoms with Gasteiger partial charge in [0.05, 0.1) is 6.10 Å². The van der Waals surface area contributed by atoms with Crippen LogP contribution in [0.4, 0.5) is 0 Å². The van der Waals surface area contributed by atoms with Crippen LogP contribution in [-0.4, -0.2) is 27.7 Å². The second kappa shape index (κ2) is 14.3.